The first-order valence-electron chi connectivity index (χ1n) is 4.12. The number of hydrogen-bond acceptors (Lipinski definition) is 3. The van der Waals surface area contributed by atoms with Gasteiger partial charge in [-0.15, -0.1) is 0 Å². The SMILES string of the molecule is C=C(/C=C\C(C#N)=C/C)NCCN. The summed E-state index contributed by atoms with van der Waals surface area (Å²) >= 11 is 0. The molecule has 70 valence electrons. The Bertz CT molecular complexity index is 256. The van der Waals surface area contributed by atoms with E-state index in [4.69, 9.17) is 11.0 Å². The topological polar surface area (TPSA) is 61.8 Å². The third-order valence-electron chi connectivity index (χ3n) is 1.40. The van der Waals surface area contributed by atoms with Crippen molar-refractivity contribution in [3.63, 3.8) is 0 Å². The number of nitrogens with two attached hydrogens (primary N) is 1. The van der Waals surface area contributed by atoms with Gasteiger partial charge in [0.15, 0.2) is 0 Å². The van der Waals surface area contributed by atoms with Crippen molar-refractivity contribution < 1.29 is 0 Å². The molecule has 0 spiro atoms. The van der Waals surface area contributed by atoms with Gasteiger partial charge in [0.25, 0.3) is 0 Å². The van der Waals surface area contributed by atoms with Crippen molar-refractivity contribution in [2.45, 2.75) is 6.92 Å². The third kappa shape index (κ3) is 5.71. The van der Waals surface area contributed by atoms with Crippen LogP contribution in [0.15, 0.2) is 36.1 Å². The number of nitrogens with one attached hydrogen (secondary N) is 1. The van der Waals surface area contributed by atoms with Crippen molar-refractivity contribution in [1.82, 2.24) is 5.32 Å². The zero-order valence-corrected chi connectivity index (χ0v) is 7.88. The van der Waals surface area contributed by atoms with Crippen LogP contribution in [0.5, 0.6) is 0 Å². The van der Waals surface area contributed by atoms with Gasteiger partial charge in [0, 0.05) is 24.4 Å². The first-order valence-corrected chi connectivity index (χ1v) is 4.12. The Kier molecular flexibility index (Phi) is 6.30. The molecule has 0 rings (SSSR count). The monoisotopic (exact) mass is 177 g/mol. The Morgan fingerprint density at radius 1 is 1.62 bits per heavy atom. The Morgan fingerprint density at radius 2 is 2.31 bits per heavy atom. The molecule has 0 unspecified atom stereocenters. The van der Waals surface area contributed by atoms with Gasteiger partial charge < -0.3 is 11.1 Å². The fourth-order valence-corrected chi connectivity index (χ4v) is 0.680. The van der Waals surface area contributed by atoms with Crippen LogP contribution in [-0.2, 0) is 0 Å². The molecule has 0 radical (unpaired) electrons. The summed E-state index contributed by atoms with van der Waals surface area (Å²) < 4.78 is 0. The van der Waals surface area contributed by atoms with Gasteiger partial charge >= 0.3 is 0 Å². The van der Waals surface area contributed by atoms with E-state index < -0.39 is 0 Å². The number of allylic oxidation sites excluding steroid dienone is 4. The lowest BCUT2D eigenvalue weighted by Gasteiger charge is -2.01. The van der Waals surface area contributed by atoms with Crippen molar-refractivity contribution in [3.05, 3.63) is 36.1 Å². The largest absolute Gasteiger partial charge is 0.384 e. The van der Waals surface area contributed by atoms with E-state index in [0.29, 0.717) is 18.7 Å². The molecule has 0 heterocycles. The van der Waals surface area contributed by atoms with E-state index >= 15 is 0 Å². The quantitative estimate of drug-likeness (QED) is 0.488. The number of hydrogen-bond donors (Lipinski definition) is 2. The van der Waals surface area contributed by atoms with E-state index in [1.165, 1.54) is 0 Å². The Hall–Kier alpha value is -1.53. The molecule has 0 amide bonds. The molecule has 0 aromatic rings. The van der Waals surface area contributed by atoms with Gasteiger partial charge in [0.1, 0.15) is 0 Å². The van der Waals surface area contributed by atoms with Crippen LogP contribution in [0.3, 0.4) is 0 Å². The molecule has 0 atom stereocenters. The van der Waals surface area contributed by atoms with E-state index in [0.717, 1.165) is 5.70 Å². The highest BCUT2D eigenvalue weighted by Gasteiger charge is 1.87. The van der Waals surface area contributed by atoms with Gasteiger partial charge in [-0.05, 0) is 19.1 Å². The van der Waals surface area contributed by atoms with Gasteiger partial charge in [-0.1, -0.05) is 12.7 Å². The predicted molar refractivity (Wildman–Crippen MR) is 54.7 cm³/mol. The highest BCUT2D eigenvalue weighted by molar-refractivity contribution is 5.35. The first kappa shape index (κ1) is 11.5. The highest BCUT2D eigenvalue weighted by atomic mass is 14.9. The van der Waals surface area contributed by atoms with Crippen molar-refractivity contribution in [2.75, 3.05) is 13.1 Å². The summed E-state index contributed by atoms with van der Waals surface area (Å²) in [5.41, 5.74) is 6.68. The molecular weight excluding hydrogens is 162 g/mol. The lowest BCUT2D eigenvalue weighted by Crippen LogP contribution is -2.20. The standard InChI is InChI=1S/C10H15N3/c1-3-10(8-12)5-4-9(2)13-7-6-11/h3-5,13H,2,6-7,11H2,1H3/b5-4-,10-3+. The first-order chi connectivity index (χ1) is 6.24. The van der Waals surface area contributed by atoms with Crippen molar-refractivity contribution in [2.24, 2.45) is 5.73 Å². The summed E-state index contributed by atoms with van der Waals surface area (Å²) in [5, 5.41) is 11.6. The molecule has 0 aromatic heterocycles. The number of nitrogens with zero attached hydrogens (tertiary/aromatic N) is 1. The lowest BCUT2D eigenvalue weighted by molar-refractivity contribution is 0.817. The van der Waals surface area contributed by atoms with Crippen LogP contribution in [0.2, 0.25) is 0 Å². The summed E-state index contributed by atoms with van der Waals surface area (Å²) in [4.78, 5) is 0. The average molecular weight is 177 g/mol. The average Bonchev–Trinajstić information content (AvgIpc) is 2.16. The molecule has 3 N–H and O–H groups in total. The van der Waals surface area contributed by atoms with Gasteiger partial charge in [-0.3, -0.25) is 0 Å². The molecule has 0 saturated heterocycles. The molecule has 0 saturated carbocycles. The number of rotatable bonds is 5. The van der Waals surface area contributed by atoms with Crippen LogP contribution < -0.4 is 11.1 Å². The van der Waals surface area contributed by atoms with Crippen LogP contribution in [0.25, 0.3) is 0 Å². The second kappa shape index (κ2) is 7.14. The van der Waals surface area contributed by atoms with Crippen molar-refractivity contribution in [1.29, 1.82) is 5.26 Å². The van der Waals surface area contributed by atoms with E-state index in [1.54, 1.807) is 18.2 Å². The molecule has 0 fully saturated rings. The zero-order valence-electron chi connectivity index (χ0n) is 7.88. The molecule has 3 heteroatoms. The molecule has 0 aliphatic carbocycles. The van der Waals surface area contributed by atoms with Crippen LogP contribution in [0.4, 0.5) is 0 Å². The second-order valence-corrected chi connectivity index (χ2v) is 2.43. The normalized spacial score (nSPS) is 11.3. The minimum absolute atomic E-state index is 0.571. The highest BCUT2D eigenvalue weighted by Crippen LogP contribution is 1.96. The molecule has 0 aromatic carbocycles. The summed E-state index contributed by atoms with van der Waals surface area (Å²) in [5.74, 6) is 0. The van der Waals surface area contributed by atoms with Crippen LogP contribution in [-0.4, -0.2) is 13.1 Å². The molecule has 13 heavy (non-hydrogen) atoms. The lowest BCUT2D eigenvalue weighted by atomic mass is 10.2. The zero-order chi connectivity index (χ0) is 10.1. The minimum Gasteiger partial charge on any atom is -0.384 e. The predicted octanol–water partition coefficient (Wildman–Crippen LogP) is 1.07. The van der Waals surface area contributed by atoms with Crippen LogP contribution in [0, 0.1) is 11.3 Å². The fraction of sp³-hybridized carbons (Fsp3) is 0.300. The fourth-order valence-electron chi connectivity index (χ4n) is 0.680. The Morgan fingerprint density at radius 3 is 2.77 bits per heavy atom. The summed E-state index contributed by atoms with van der Waals surface area (Å²) in [6.07, 6.45) is 5.22. The van der Waals surface area contributed by atoms with Gasteiger partial charge in [0.05, 0.1) is 6.07 Å². The van der Waals surface area contributed by atoms with E-state index in [-0.39, 0.29) is 0 Å². The summed E-state index contributed by atoms with van der Waals surface area (Å²) in [7, 11) is 0. The van der Waals surface area contributed by atoms with Gasteiger partial charge in [-0.25, -0.2) is 0 Å². The maximum Gasteiger partial charge on any atom is 0.0988 e. The molecule has 0 bridgehead atoms. The maximum absolute atomic E-state index is 8.58. The second-order valence-electron chi connectivity index (χ2n) is 2.43. The third-order valence-corrected chi connectivity index (χ3v) is 1.40. The minimum atomic E-state index is 0.571. The van der Waals surface area contributed by atoms with E-state index in [9.17, 15) is 0 Å². The molecule has 0 aliphatic rings. The van der Waals surface area contributed by atoms with Gasteiger partial charge in [-0.2, -0.15) is 5.26 Å². The van der Waals surface area contributed by atoms with Crippen molar-refractivity contribution >= 4 is 0 Å². The Labute approximate surface area is 79.2 Å². The van der Waals surface area contributed by atoms with E-state index in [1.807, 2.05) is 13.0 Å². The molecule has 0 aliphatic heterocycles. The summed E-state index contributed by atoms with van der Waals surface area (Å²) in [6, 6.07) is 2.04. The summed E-state index contributed by atoms with van der Waals surface area (Å²) in [6.45, 7) is 6.83. The van der Waals surface area contributed by atoms with Crippen LogP contribution >= 0.6 is 0 Å². The van der Waals surface area contributed by atoms with Crippen LogP contribution in [0.1, 0.15) is 6.92 Å². The molecule has 3 nitrogen and oxygen atoms in total. The Balaban J connectivity index is 3.98. The van der Waals surface area contributed by atoms with Gasteiger partial charge in [0.2, 0.25) is 0 Å². The number of nitriles is 1. The smallest absolute Gasteiger partial charge is 0.0988 e. The van der Waals surface area contributed by atoms with Crippen molar-refractivity contribution in [3.8, 4) is 6.07 Å². The maximum atomic E-state index is 8.58. The molecular formula is C10H15N3. The van der Waals surface area contributed by atoms with E-state index in [2.05, 4.69) is 11.9 Å².